The van der Waals surface area contributed by atoms with Gasteiger partial charge in [0.1, 0.15) is 23.9 Å². The van der Waals surface area contributed by atoms with Crippen LogP contribution in [0.3, 0.4) is 0 Å². The lowest BCUT2D eigenvalue weighted by atomic mass is 9.96. The number of benzene rings is 3. The summed E-state index contributed by atoms with van der Waals surface area (Å²) in [5.74, 6) is -1.25. The number of hydrogen-bond donors (Lipinski definition) is 4. The van der Waals surface area contributed by atoms with E-state index >= 15 is 0 Å². The molecule has 7 rings (SSSR count). The first-order valence-corrected chi connectivity index (χ1v) is 18.1. The largest absolute Gasteiger partial charge is 0.483 e. The molecule has 272 valence electrons. The number of hydrogen-bond acceptors (Lipinski definition) is 6. The number of H-pyrrole nitrogens is 1. The molecule has 11 heteroatoms. The van der Waals surface area contributed by atoms with Crippen molar-refractivity contribution in [3.05, 3.63) is 108 Å². The molecule has 3 aromatic carbocycles. The average Bonchev–Trinajstić information content (AvgIpc) is 3.82. The predicted octanol–water partition coefficient (Wildman–Crippen LogP) is 4.57. The summed E-state index contributed by atoms with van der Waals surface area (Å²) in [4.78, 5) is 63.5. The SMILES string of the molecule is CCC(C)C1NC(=O)C(NC(=O)C2CCCN2C(=O)C(Cc2c[nH]c3ccccc23)N(C)C)C(c2ccccc2)Oc2ccc(cc2)C=CNC1=O. The Balaban J connectivity index is 1.32. The summed E-state index contributed by atoms with van der Waals surface area (Å²) >= 11 is 0. The minimum atomic E-state index is -1.25. The first-order valence-electron chi connectivity index (χ1n) is 18.1. The van der Waals surface area contributed by atoms with Crippen LogP contribution in [-0.4, -0.2) is 83.2 Å². The normalized spacial score (nSPS) is 22.0. The van der Waals surface area contributed by atoms with E-state index in [0.29, 0.717) is 43.5 Å². The molecule has 1 saturated heterocycles. The molecular weight excluding hydrogens is 656 g/mol. The highest BCUT2D eigenvalue weighted by Gasteiger charge is 2.42. The number of fused-ring (bicyclic) bond motifs is 11. The second-order valence-electron chi connectivity index (χ2n) is 14.0. The van der Waals surface area contributed by atoms with Crippen molar-refractivity contribution in [1.82, 2.24) is 30.7 Å². The molecule has 2 bridgehead atoms. The molecule has 6 atom stereocenters. The van der Waals surface area contributed by atoms with Gasteiger partial charge in [0.25, 0.3) is 0 Å². The van der Waals surface area contributed by atoms with E-state index in [-0.39, 0.29) is 17.7 Å². The van der Waals surface area contributed by atoms with Crippen molar-refractivity contribution in [1.29, 1.82) is 0 Å². The van der Waals surface area contributed by atoms with Gasteiger partial charge in [-0.05, 0) is 80.2 Å². The zero-order chi connectivity index (χ0) is 36.8. The highest BCUT2D eigenvalue weighted by molar-refractivity contribution is 5.96. The van der Waals surface area contributed by atoms with Gasteiger partial charge < -0.3 is 30.6 Å². The van der Waals surface area contributed by atoms with Gasteiger partial charge in [-0.1, -0.05) is 80.9 Å². The van der Waals surface area contributed by atoms with Crippen molar-refractivity contribution in [2.75, 3.05) is 20.6 Å². The molecule has 1 fully saturated rings. The molecule has 4 N–H and O–H groups in total. The van der Waals surface area contributed by atoms with E-state index in [9.17, 15) is 19.2 Å². The summed E-state index contributed by atoms with van der Waals surface area (Å²) < 4.78 is 6.54. The van der Waals surface area contributed by atoms with E-state index in [1.165, 1.54) is 0 Å². The van der Waals surface area contributed by atoms with E-state index in [4.69, 9.17) is 4.74 Å². The molecule has 11 nitrogen and oxygen atoms in total. The lowest BCUT2D eigenvalue weighted by Gasteiger charge is -2.34. The lowest BCUT2D eigenvalue weighted by molar-refractivity contribution is -0.143. The summed E-state index contributed by atoms with van der Waals surface area (Å²) in [7, 11) is 3.74. The third-order valence-corrected chi connectivity index (χ3v) is 10.3. The molecule has 52 heavy (non-hydrogen) atoms. The van der Waals surface area contributed by atoms with Crippen LogP contribution in [0.2, 0.25) is 0 Å². The molecule has 4 heterocycles. The Hall–Kier alpha value is -5.42. The predicted molar refractivity (Wildman–Crippen MR) is 201 cm³/mol. The Morgan fingerprint density at radius 2 is 1.71 bits per heavy atom. The van der Waals surface area contributed by atoms with E-state index < -0.39 is 42.1 Å². The van der Waals surface area contributed by atoms with Crippen LogP contribution < -0.4 is 20.7 Å². The van der Waals surface area contributed by atoms with E-state index in [2.05, 4.69) is 20.9 Å². The average molecular weight is 705 g/mol. The van der Waals surface area contributed by atoms with Gasteiger partial charge in [0, 0.05) is 29.8 Å². The highest BCUT2D eigenvalue weighted by atomic mass is 16.5. The fourth-order valence-corrected chi connectivity index (χ4v) is 7.05. The van der Waals surface area contributed by atoms with Crippen LogP contribution in [0.25, 0.3) is 17.0 Å². The van der Waals surface area contributed by atoms with Crippen molar-refractivity contribution < 1.29 is 23.9 Å². The van der Waals surface area contributed by atoms with E-state index in [1.807, 2.05) is 106 Å². The second kappa shape index (κ2) is 16.3. The van der Waals surface area contributed by atoms with Crippen molar-refractivity contribution >= 4 is 40.6 Å². The van der Waals surface area contributed by atoms with Crippen LogP contribution in [0.5, 0.6) is 5.75 Å². The standard InChI is InChI=1S/C41H48N6O5/c1-5-26(2)35-39(49)42-22-21-27-17-19-30(20-18-27)52-37(28-12-7-6-8-13-28)36(40(50)44-35)45-38(48)33-16-11-23-47(33)41(51)34(46(3)4)24-29-25-43-32-15-10-9-14-31(29)32/h6-10,12-15,17-22,25-26,33-37,43H,5,11,16,23-24H2,1-4H3,(H,42,49)(H,44,50)(H,45,48). The Morgan fingerprint density at radius 3 is 2.44 bits per heavy atom. The van der Waals surface area contributed by atoms with Crippen molar-refractivity contribution in [3.8, 4) is 5.75 Å². The number of aromatic amines is 1. The van der Waals surface area contributed by atoms with E-state index in [0.717, 1.165) is 22.0 Å². The smallest absolute Gasteiger partial charge is 0.247 e. The van der Waals surface area contributed by atoms with Crippen LogP contribution in [0, 0.1) is 5.92 Å². The number of likely N-dealkylation sites (N-methyl/N-ethyl adjacent to an activating group) is 1. The van der Waals surface area contributed by atoms with Gasteiger partial charge in [-0.2, -0.15) is 0 Å². The van der Waals surface area contributed by atoms with Gasteiger partial charge in [0.05, 0.1) is 6.04 Å². The monoisotopic (exact) mass is 704 g/mol. The maximum atomic E-state index is 14.5. The number of aromatic nitrogens is 1. The molecule has 4 aromatic rings. The fourth-order valence-electron chi connectivity index (χ4n) is 7.05. The molecule has 6 unspecified atom stereocenters. The van der Waals surface area contributed by atoms with Gasteiger partial charge in [0.15, 0.2) is 6.10 Å². The molecule has 3 aliphatic heterocycles. The number of nitrogens with zero attached hydrogens (tertiary/aromatic N) is 2. The number of ether oxygens (including phenoxy) is 1. The minimum absolute atomic E-state index is 0.152. The van der Waals surface area contributed by atoms with Gasteiger partial charge in [0.2, 0.25) is 23.6 Å². The maximum Gasteiger partial charge on any atom is 0.247 e. The summed E-state index contributed by atoms with van der Waals surface area (Å²) in [6.45, 7) is 4.26. The fraction of sp³-hybridized carbons (Fsp3) is 0.366. The van der Waals surface area contributed by atoms with Gasteiger partial charge in [-0.15, -0.1) is 0 Å². The van der Waals surface area contributed by atoms with Gasteiger partial charge in [-0.25, -0.2) is 0 Å². The summed E-state index contributed by atoms with van der Waals surface area (Å²) in [6.07, 6.45) is 6.49. The zero-order valence-corrected chi connectivity index (χ0v) is 30.2. The summed E-state index contributed by atoms with van der Waals surface area (Å²) in [5, 5.41) is 9.82. The minimum Gasteiger partial charge on any atom is -0.483 e. The second-order valence-corrected chi connectivity index (χ2v) is 14.0. The molecule has 0 aliphatic carbocycles. The zero-order valence-electron chi connectivity index (χ0n) is 30.2. The van der Waals surface area contributed by atoms with Crippen LogP contribution in [0.4, 0.5) is 0 Å². The van der Waals surface area contributed by atoms with Gasteiger partial charge in [-0.3, -0.25) is 24.1 Å². The molecule has 3 aliphatic rings. The van der Waals surface area contributed by atoms with Crippen LogP contribution in [0.1, 0.15) is 55.9 Å². The Morgan fingerprint density at radius 1 is 0.981 bits per heavy atom. The first-order chi connectivity index (χ1) is 25.1. The number of amides is 4. The molecule has 0 spiro atoms. The number of likely N-dealkylation sites (tertiary alicyclic amines) is 1. The van der Waals surface area contributed by atoms with Gasteiger partial charge >= 0.3 is 0 Å². The van der Waals surface area contributed by atoms with Crippen molar-refractivity contribution in [3.63, 3.8) is 0 Å². The number of carbonyl (C=O) groups is 4. The maximum absolute atomic E-state index is 14.5. The third kappa shape index (κ3) is 8.05. The Bertz CT molecular complexity index is 1910. The number of carbonyl (C=O) groups excluding carboxylic acids is 4. The van der Waals surface area contributed by atoms with E-state index in [1.54, 1.807) is 29.3 Å². The Labute approximate surface area is 304 Å². The number of rotatable bonds is 9. The molecule has 4 amide bonds. The van der Waals surface area contributed by atoms with Crippen LogP contribution in [0.15, 0.2) is 91.3 Å². The number of nitrogens with one attached hydrogen (secondary N) is 4. The number of para-hydroxylation sites is 1. The molecule has 1 aromatic heterocycles. The highest BCUT2D eigenvalue weighted by Crippen LogP contribution is 2.29. The Kier molecular flexibility index (Phi) is 11.4. The molecule has 0 saturated carbocycles. The first kappa shape index (κ1) is 36.4. The lowest BCUT2D eigenvalue weighted by Crippen LogP contribution is -2.60. The van der Waals surface area contributed by atoms with Crippen molar-refractivity contribution in [2.45, 2.75) is 69.8 Å². The van der Waals surface area contributed by atoms with Crippen LogP contribution in [-0.2, 0) is 25.6 Å². The topological polar surface area (TPSA) is 136 Å². The molecular formula is C41H48N6O5. The summed E-state index contributed by atoms with van der Waals surface area (Å²) in [5.41, 5.74) is 3.53. The third-order valence-electron chi connectivity index (χ3n) is 10.3. The molecule has 0 radical (unpaired) electrons. The van der Waals surface area contributed by atoms with Crippen LogP contribution >= 0.6 is 0 Å². The summed E-state index contributed by atoms with van der Waals surface area (Å²) in [6, 6.07) is 21.1. The quantitative estimate of drug-likeness (QED) is 0.202. The van der Waals surface area contributed by atoms with Crippen molar-refractivity contribution in [2.24, 2.45) is 5.92 Å².